The van der Waals surface area contributed by atoms with Gasteiger partial charge in [0.2, 0.25) is 0 Å². The minimum atomic E-state index is -4.32. The highest BCUT2D eigenvalue weighted by atomic mass is 31.2. The summed E-state index contributed by atoms with van der Waals surface area (Å²) in [6.07, 6.45) is 74.3. The molecule has 0 spiro atoms. The number of carbonyl (C=O) groups excluding carboxylic acids is 1. The van der Waals surface area contributed by atoms with Gasteiger partial charge < -0.3 is 20.1 Å². The lowest BCUT2D eigenvalue weighted by Crippen LogP contribution is -2.28. The number of esters is 1. The van der Waals surface area contributed by atoms with Crippen molar-refractivity contribution in [2.24, 2.45) is 5.73 Å². The molecule has 0 radical (unpaired) electrons. The Bertz CT molecular complexity index is 1530. The molecule has 0 aliphatic carbocycles. The fourth-order valence-corrected chi connectivity index (χ4v) is 6.29. The number of unbranched alkanes of at least 4 members (excludes halogenated alkanes) is 4. The Balaban J connectivity index is 4.22. The van der Waals surface area contributed by atoms with E-state index in [1.807, 2.05) is 0 Å². The number of ether oxygens (including phenoxy) is 2. The number of allylic oxidation sites excluding steroid dienone is 26. The molecule has 3 N–H and O–H groups in total. The van der Waals surface area contributed by atoms with Crippen molar-refractivity contribution in [3.8, 4) is 0 Å². The van der Waals surface area contributed by atoms with Gasteiger partial charge in [-0.15, -0.1) is 0 Å². The van der Waals surface area contributed by atoms with Crippen molar-refractivity contribution in [3.05, 3.63) is 158 Å². The van der Waals surface area contributed by atoms with Gasteiger partial charge in [-0.3, -0.25) is 13.8 Å². The van der Waals surface area contributed by atoms with Gasteiger partial charge in [-0.2, -0.15) is 0 Å². The third-order valence-corrected chi connectivity index (χ3v) is 9.92. The van der Waals surface area contributed by atoms with Gasteiger partial charge in [0.15, 0.2) is 0 Å². The third-order valence-electron chi connectivity index (χ3n) is 8.94. The van der Waals surface area contributed by atoms with Crippen LogP contribution in [0.1, 0.15) is 142 Å². The Labute approximate surface area is 390 Å². The minimum Gasteiger partial charge on any atom is -0.457 e. The van der Waals surface area contributed by atoms with E-state index >= 15 is 0 Å². The molecule has 2 atom stereocenters. The van der Waals surface area contributed by atoms with Gasteiger partial charge in [0.1, 0.15) is 6.10 Å². The second-order valence-electron chi connectivity index (χ2n) is 14.9. The summed E-state index contributed by atoms with van der Waals surface area (Å²) in [5.41, 5.74) is 5.37. The number of phosphoric ester groups is 1. The molecule has 0 saturated heterocycles. The molecule has 358 valence electrons. The SMILES string of the molecule is CC/C=C\C/C=C\C/C=C\C/C=C\C/C=C\C/C=C\C/C=C\CCCCCC(=O)OC(COCCC/C=C\C/C=C\C/C=C\C/C=C\C/C=C\C/C=C\CC)COP(=O)(O)OCCN. The average molecular weight is 904 g/mol. The molecule has 0 aromatic carbocycles. The van der Waals surface area contributed by atoms with E-state index in [0.717, 1.165) is 116 Å². The van der Waals surface area contributed by atoms with Crippen molar-refractivity contribution in [1.29, 1.82) is 0 Å². The van der Waals surface area contributed by atoms with E-state index in [9.17, 15) is 14.3 Å². The quantitative estimate of drug-likeness (QED) is 0.0269. The molecular formula is C55H86NO7P. The summed E-state index contributed by atoms with van der Waals surface area (Å²) in [6.45, 7) is 4.43. The Morgan fingerprint density at radius 2 is 0.828 bits per heavy atom. The van der Waals surface area contributed by atoms with E-state index in [4.69, 9.17) is 24.3 Å². The highest BCUT2D eigenvalue weighted by molar-refractivity contribution is 7.47. The van der Waals surface area contributed by atoms with Crippen LogP contribution >= 0.6 is 7.82 Å². The standard InChI is InChI=1S/C55H86NO7P/c1-3-5-7-9-11-13-15-17-19-21-23-25-26-27-28-29-30-32-34-36-38-40-42-44-46-48-55(57)63-54(53-62-64(58,59)61-51-49-56)52-60-50-47-45-43-41-39-37-35-33-31-24-22-20-18-16-14-12-10-8-6-4-2/h5-8,11-14,17-20,23-25,27-28,30-32,35-38,41,43,54H,3-4,9-10,15-16,21-22,26,29,33-34,39-40,42,44-53,56H2,1-2H3,(H,58,59)/b7-5-,8-6-,13-11-,14-12-,19-17-,20-18-,25-23-,28-27-,31-24-,32-30-,37-35-,38-36-,43-41-. The van der Waals surface area contributed by atoms with Gasteiger partial charge in [-0.25, -0.2) is 4.57 Å². The van der Waals surface area contributed by atoms with Crippen molar-refractivity contribution < 1.29 is 32.8 Å². The monoisotopic (exact) mass is 904 g/mol. The maximum atomic E-state index is 12.6. The highest BCUT2D eigenvalue weighted by Crippen LogP contribution is 2.43. The van der Waals surface area contributed by atoms with Gasteiger partial charge >= 0.3 is 13.8 Å². The fraction of sp³-hybridized carbons (Fsp3) is 0.509. The lowest BCUT2D eigenvalue weighted by atomic mass is 10.1. The van der Waals surface area contributed by atoms with Crippen molar-refractivity contribution in [2.75, 3.05) is 33.0 Å². The van der Waals surface area contributed by atoms with Crippen LogP contribution in [-0.4, -0.2) is 49.9 Å². The predicted molar refractivity (Wildman–Crippen MR) is 274 cm³/mol. The molecule has 0 aromatic rings. The summed E-state index contributed by atoms with van der Waals surface area (Å²) >= 11 is 0. The van der Waals surface area contributed by atoms with Gasteiger partial charge in [0.25, 0.3) is 0 Å². The summed E-state index contributed by atoms with van der Waals surface area (Å²) in [7, 11) is -4.32. The minimum absolute atomic E-state index is 0.0495. The molecular weight excluding hydrogens is 818 g/mol. The maximum absolute atomic E-state index is 12.6. The topological polar surface area (TPSA) is 117 Å². The number of phosphoric acid groups is 1. The molecule has 0 aliphatic rings. The first-order valence-corrected chi connectivity index (χ1v) is 25.5. The largest absolute Gasteiger partial charge is 0.472 e. The zero-order valence-electron chi connectivity index (χ0n) is 39.7. The van der Waals surface area contributed by atoms with Gasteiger partial charge in [0.05, 0.1) is 19.8 Å². The predicted octanol–water partition coefficient (Wildman–Crippen LogP) is 15.1. The van der Waals surface area contributed by atoms with Gasteiger partial charge in [-0.1, -0.05) is 178 Å². The summed E-state index contributed by atoms with van der Waals surface area (Å²) in [5, 5.41) is 0. The second-order valence-corrected chi connectivity index (χ2v) is 16.3. The summed E-state index contributed by atoms with van der Waals surface area (Å²) in [5.74, 6) is -0.390. The van der Waals surface area contributed by atoms with E-state index < -0.39 is 13.9 Å². The van der Waals surface area contributed by atoms with Gasteiger partial charge in [-0.05, 0) is 116 Å². The van der Waals surface area contributed by atoms with Crippen molar-refractivity contribution in [3.63, 3.8) is 0 Å². The van der Waals surface area contributed by atoms with Crippen LogP contribution in [0, 0.1) is 0 Å². The van der Waals surface area contributed by atoms with Crippen LogP contribution in [0.25, 0.3) is 0 Å². The van der Waals surface area contributed by atoms with E-state index in [0.29, 0.717) is 13.0 Å². The number of rotatable bonds is 43. The van der Waals surface area contributed by atoms with E-state index in [2.05, 4.69) is 172 Å². The molecule has 0 fully saturated rings. The molecule has 9 heteroatoms. The fourth-order valence-electron chi connectivity index (χ4n) is 5.52. The molecule has 8 nitrogen and oxygen atoms in total. The van der Waals surface area contributed by atoms with Crippen LogP contribution < -0.4 is 5.73 Å². The third kappa shape index (κ3) is 49.1. The summed E-state index contributed by atoms with van der Waals surface area (Å²) in [4.78, 5) is 22.6. The number of hydrogen-bond acceptors (Lipinski definition) is 7. The first kappa shape index (κ1) is 60.1. The van der Waals surface area contributed by atoms with E-state index in [1.54, 1.807) is 0 Å². The Morgan fingerprint density at radius 3 is 1.20 bits per heavy atom. The van der Waals surface area contributed by atoms with Crippen LogP contribution in [-0.2, 0) is 27.9 Å². The average Bonchev–Trinajstić information content (AvgIpc) is 3.29. The smallest absolute Gasteiger partial charge is 0.457 e. The Kier molecular flexibility index (Phi) is 47.1. The molecule has 64 heavy (non-hydrogen) atoms. The summed E-state index contributed by atoms with van der Waals surface area (Å²) < 4.78 is 33.4. The Hall–Kier alpha value is -3.88. The van der Waals surface area contributed by atoms with Crippen molar-refractivity contribution in [2.45, 2.75) is 148 Å². The van der Waals surface area contributed by atoms with Crippen LogP contribution in [0.4, 0.5) is 0 Å². The van der Waals surface area contributed by atoms with E-state index in [1.165, 1.54) is 0 Å². The molecule has 0 aromatic heterocycles. The number of nitrogens with two attached hydrogens (primary N) is 1. The molecule has 0 amide bonds. The molecule has 0 heterocycles. The highest BCUT2D eigenvalue weighted by Gasteiger charge is 2.25. The lowest BCUT2D eigenvalue weighted by Gasteiger charge is -2.20. The maximum Gasteiger partial charge on any atom is 0.472 e. The zero-order chi connectivity index (χ0) is 46.5. The van der Waals surface area contributed by atoms with E-state index in [-0.39, 0.29) is 38.8 Å². The van der Waals surface area contributed by atoms with Crippen LogP contribution in [0.5, 0.6) is 0 Å². The van der Waals surface area contributed by atoms with Crippen LogP contribution in [0.2, 0.25) is 0 Å². The van der Waals surface area contributed by atoms with Gasteiger partial charge in [0, 0.05) is 19.6 Å². The first-order chi connectivity index (χ1) is 31.4. The molecule has 2 unspecified atom stereocenters. The first-order valence-electron chi connectivity index (χ1n) is 24.0. The van der Waals surface area contributed by atoms with Crippen molar-refractivity contribution in [1.82, 2.24) is 0 Å². The molecule has 0 saturated carbocycles. The number of carbonyl (C=O) groups is 1. The molecule has 0 rings (SSSR count). The normalized spacial score (nSPS) is 14.8. The zero-order valence-corrected chi connectivity index (χ0v) is 40.6. The lowest BCUT2D eigenvalue weighted by molar-refractivity contribution is -0.154. The van der Waals surface area contributed by atoms with Crippen LogP contribution in [0.3, 0.4) is 0 Å². The Morgan fingerprint density at radius 1 is 0.469 bits per heavy atom. The second kappa shape index (κ2) is 50.1. The summed E-state index contributed by atoms with van der Waals surface area (Å²) in [6, 6.07) is 0. The molecule has 0 bridgehead atoms. The number of hydrogen-bond donors (Lipinski definition) is 2. The molecule has 0 aliphatic heterocycles. The van der Waals surface area contributed by atoms with Crippen LogP contribution in [0.15, 0.2) is 158 Å². The van der Waals surface area contributed by atoms with Crippen molar-refractivity contribution >= 4 is 13.8 Å².